The fourth-order valence-corrected chi connectivity index (χ4v) is 5.63. The number of hydrogen-bond acceptors (Lipinski definition) is 3. The van der Waals surface area contributed by atoms with E-state index in [0.29, 0.717) is 0 Å². The first kappa shape index (κ1) is 19.6. The summed E-state index contributed by atoms with van der Waals surface area (Å²) in [5, 5.41) is 2.58. The lowest BCUT2D eigenvalue weighted by molar-refractivity contribution is 1.15. The molecule has 2 aromatic heterocycles. The van der Waals surface area contributed by atoms with E-state index in [1.807, 2.05) is 17.4 Å². The zero-order valence-corrected chi connectivity index (χ0v) is 20.0. The van der Waals surface area contributed by atoms with Gasteiger partial charge < -0.3 is 0 Å². The Hall–Kier alpha value is -3.09. The summed E-state index contributed by atoms with van der Waals surface area (Å²) in [6.45, 7) is 0. The van der Waals surface area contributed by atoms with Gasteiger partial charge in [-0.3, -0.25) is 0 Å². The predicted octanol–water partition coefficient (Wildman–Crippen LogP) is 8.45. The topological polar surface area (TPSA) is 25.8 Å². The molecule has 4 aromatic carbocycles. The SMILES string of the molecule is Ic1cc(-c2ccc3sc4ccccc4c3c2)nc(-c2ccc(-c3ccccc3)cc2)n1. The molecular weight excluding hydrogens is 523 g/mol. The van der Waals surface area contributed by atoms with Crippen LogP contribution in [0.1, 0.15) is 0 Å². The van der Waals surface area contributed by atoms with Crippen LogP contribution in [0, 0.1) is 3.70 Å². The van der Waals surface area contributed by atoms with Crippen molar-refractivity contribution in [3.8, 4) is 33.8 Å². The monoisotopic (exact) mass is 540 g/mol. The quantitative estimate of drug-likeness (QED) is 0.166. The van der Waals surface area contributed by atoms with Gasteiger partial charge in [0.15, 0.2) is 5.82 Å². The molecule has 0 aliphatic carbocycles. The lowest BCUT2D eigenvalue weighted by atomic mass is 10.0. The van der Waals surface area contributed by atoms with Gasteiger partial charge in [-0.15, -0.1) is 11.3 Å². The standard InChI is InChI=1S/C28H17IN2S/c29-27-17-24(21-14-15-26-23(16-21)22-8-4-5-9-25(22)32-26)30-28(31-27)20-12-10-19(11-13-20)18-6-2-1-3-7-18/h1-17H. The Morgan fingerprint density at radius 3 is 2.03 bits per heavy atom. The summed E-state index contributed by atoms with van der Waals surface area (Å²) in [5.41, 5.74) is 5.48. The molecule has 2 heterocycles. The van der Waals surface area contributed by atoms with E-state index in [1.54, 1.807) is 0 Å². The van der Waals surface area contributed by atoms with E-state index in [9.17, 15) is 0 Å². The third-order valence-electron chi connectivity index (χ3n) is 5.62. The third-order valence-corrected chi connectivity index (χ3v) is 7.32. The molecule has 0 atom stereocenters. The van der Waals surface area contributed by atoms with Crippen LogP contribution >= 0.6 is 33.9 Å². The van der Waals surface area contributed by atoms with Gasteiger partial charge in [0.25, 0.3) is 0 Å². The van der Waals surface area contributed by atoms with Gasteiger partial charge in [0, 0.05) is 31.3 Å². The Labute approximate surface area is 203 Å². The first-order valence-electron chi connectivity index (χ1n) is 10.4. The van der Waals surface area contributed by atoms with E-state index in [0.717, 1.165) is 26.3 Å². The summed E-state index contributed by atoms with van der Waals surface area (Å²) < 4.78 is 3.55. The molecule has 2 nitrogen and oxygen atoms in total. The van der Waals surface area contributed by atoms with E-state index in [2.05, 4.69) is 120 Å². The van der Waals surface area contributed by atoms with Crippen LogP contribution in [0.15, 0.2) is 103 Å². The number of nitrogens with zero attached hydrogens (tertiary/aromatic N) is 2. The number of thiophene rings is 1. The molecule has 152 valence electrons. The summed E-state index contributed by atoms with van der Waals surface area (Å²) in [4.78, 5) is 9.65. The number of fused-ring (bicyclic) bond motifs is 3. The van der Waals surface area contributed by atoms with Crippen molar-refractivity contribution in [2.75, 3.05) is 0 Å². The van der Waals surface area contributed by atoms with Gasteiger partial charge in [0.05, 0.1) is 5.69 Å². The highest BCUT2D eigenvalue weighted by Crippen LogP contribution is 2.36. The Bertz CT molecular complexity index is 1570. The maximum absolute atomic E-state index is 4.94. The van der Waals surface area contributed by atoms with Crippen LogP contribution in [-0.4, -0.2) is 9.97 Å². The number of hydrogen-bond donors (Lipinski definition) is 0. The number of benzene rings is 4. The van der Waals surface area contributed by atoms with Gasteiger partial charge in [-0.1, -0.05) is 78.9 Å². The molecule has 6 rings (SSSR count). The Kier molecular flexibility index (Phi) is 4.97. The molecule has 0 saturated heterocycles. The maximum atomic E-state index is 4.94. The van der Waals surface area contributed by atoms with Crippen LogP contribution in [0.5, 0.6) is 0 Å². The Morgan fingerprint density at radius 2 is 1.19 bits per heavy atom. The van der Waals surface area contributed by atoms with Crippen LogP contribution in [0.25, 0.3) is 53.9 Å². The summed E-state index contributed by atoms with van der Waals surface area (Å²) in [6, 6.07) is 36.2. The van der Waals surface area contributed by atoms with Crippen LogP contribution in [0.2, 0.25) is 0 Å². The average molecular weight is 540 g/mol. The first-order chi connectivity index (χ1) is 15.7. The minimum Gasteiger partial charge on any atom is -0.228 e. The molecule has 6 aromatic rings. The highest BCUT2D eigenvalue weighted by atomic mass is 127. The Morgan fingerprint density at radius 1 is 0.531 bits per heavy atom. The van der Waals surface area contributed by atoms with E-state index in [4.69, 9.17) is 9.97 Å². The molecule has 0 bridgehead atoms. The minimum absolute atomic E-state index is 0.752. The molecule has 0 N–H and O–H groups in total. The van der Waals surface area contributed by atoms with Crippen molar-refractivity contribution in [2.24, 2.45) is 0 Å². The van der Waals surface area contributed by atoms with Gasteiger partial charge in [-0.05, 0) is 58.0 Å². The highest BCUT2D eigenvalue weighted by Gasteiger charge is 2.11. The van der Waals surface area contributed by atoms with Crippen LogP contribution in [-0.2, 0) is 0 Å². The molecule has 0 spiro atoms. The van der Waals surface area contributed by atoms with Crippen molar-refractivity contribution in [2.45, 2.75) is 0 Å². The second-order valence-electron chi connectivity index (χ2n) is 7.65. The summed E-state index contributed by atoms with van der Waals surface area (Å²) >= 11 is 4.12. The summed E-state index contributed by atoms with van der Waals surface area (Å²) in [6.07, 6.45) is 0. The number of aromatic nitrogens is 2. The van der Waals surface area contributed by atoms with Crippen molar-refractivity contribution in [3.63, 3.8) is 0 Å². The smallest absolute Gasteiger partial charge is 0.160 e. The zero-order chi connectivity index (χ0) is 21.5. The van der Waals surface area contributed by atoms with Crippen molar-refractivity contribution in [3.05, 3.63) is 107 Å². The van der Waals surface area contributed by atoms with Gasteiger partial charge in [-0.2, -0.15) is 0 Å². The molecule has 0 aliphatic rings. The predicted molar refractivity (Wildman–Crippen MR) is 144 cm³/mol. The summed E-state index contributed by atoms with van der Waals surface area (Å²) in [5.74, 6) is 0.752. The van der Waals surface area contributed by atoms with Gasteiger partial charge in [0.1, 0.15) is 3.70 Å². The minimum atomic E-state index is 0.752. The number of rotatable bonds is 3. The highest BCUT2D eigenvalue weighted by molar-refractivity contribution is 14.1. The van der Waals surface area contributed by atoms with E-state index in [-0.39, 0.29) is 0 Å². The Balaban J connectivity index is 1.42. The maximum Gasteiger partial charge on any atom is 0.160 e. The van der Waals surface area contributed by atoms with Gasteiger partial charge in [-0.25, -0.2) is 9.97 Å². The molecular formula is C28H17IN2S. The molecule has 0 saturated carbocycles. The lowest BCUT2D eigenvalue weighted by Crippen LogP contribution is -1.95. The van der Waals surface area contributed by atoms with Crippen molar-refractivity contribution < 1.29 is 0 Å². The second-order valence-corrected chi connectivity index (χ2v) is 9.84. The fourth-order valence-electron chi connectivity index (χ4n) is 4.02. The van der Waals surface area contributed by atoms with E-state index >= 15 is 0 Å². The largest absolute Gasteiger partial charge is 0.228 e. The third kappa shape index (κ3) is 3.59. The van der Waals surface area contributed by atoms with E-state index in [1.165, 1.54) is 31.3 Å². The zero-order valence-electron chi connectivity index (χ0n) is 17.0. The molecule has 0 unspecified atom stereocenters. The molecule has 0 radical (unpaired) electrons. The molecule has 32 heavy (non-hydrogen) atoms. The molecule has 4 heteroatoms. The second kappa shape index (κ2) is 8.11. The van der Waals surface area contributed by atoms with Crippen LogP contribution in [0.3, 0.4) is 0 Å². The van der Waals surface area contributed by atoms with Crippen molar-refractivity contribution >= 4 is 54.1 Å². The van der Waals surface area contributed by atoms with Crippen LogP contribution in [0.4, 0.5) is 0 Å². The lowest BCUT2D eigenvalue weighted by Gasteiger charge is -2.08. The average Bonchev–Trinajstić information content (AvgIpc) is 3.22. The van der Waals surface area contributed by atoms with Gasteiger partial charge in [0.2, 0.25) is 0 Å². The van der Waals surface area contributed by atoms with Crippen molar-refractivity contribution in [1.82, 2.24) is 9.97 Å². The first-order valence-corrected chi connectivity index (χ1v) is 12.3. The van der Waals surface area contributed by atoms with Crippen LogP contribution < -0.4 is 0 Å². The van der Waals surface area contributed by atoms with E-state index < -0.39 is 0 Å². The number of halogens is 1. The normalized spacial score (nSPS) is 11.3. The molecule has 0 aliphatic heterocycles. The summed E-state index contributed by atoms with van der Waals surface area (Å²) in [7, 11) is 0. The van der Waals surface area contributed by atoms with Gasteiger partial charge >= 0.3 is 0 Å². The molecule has 0 fully saturated rings. The molecule has 0 amide bonds. The van der Waals surface area contributed by atoms with Crippen molar-refractivity contribution in [1.29, 1.82) is 0 Å². The fraction of sp³-hybridized carbons (Fsp3) is 0.